The van der Waals surface area contributed by atoms with Gasteiger partial charge in [0.25, 0.3) is 5.91 Å². The highest BCUT2D eigenvalue weighted by Gasteiger charge is 2.19. The third-order valence-corrected chi connectivity index (χ3v) is 3.08. The van der Waals surface area contributed by atoms with Crippen LogP contribution in [0.15, 0.2) is 36.5 Å². The molecule has 22 heavy (non-hydrogen) atoms. The number of nitrogens with one attached hydrogen (secondary N) is 2. The fourth-order valence-corrected chi connectivity index (χ4v) is 2.00. The number of amides is 1. The van der Waals surface area contributed by atoms with E-state index in [0.29, 0.717) is 17.1 Å². The van der Waals surface area contributed by atoms with E-state index in [1.807, 2.05) is 0 Å². The molecule has 2 aromatic rings. The Morgan fingerprint density at radius 2 is 2.14 bits per heavy atom. The summed E-state index contributed by atoms with van der Waals surface area (Å²) in [6.45, 7) is -0.454. The second-order valence-electron chi connectivity index (χ2n) is 4.63. The van der Waals surface area contributed by atoms with Crippen LogP contribution >= 0.6 is 0 Å². The van der Waals surface area contributed by atoms with Crippen molar-refractivity contribution in [3.05, 3.63) is 47.8 Å². The van der Waals surface area contributed by atoms with E-state index in [2.05, 4.69) is 10.3 Å². The monoisotopic (exact) mass is 300 g/mol. The minimum Gasteiger partial charge on any atom is -0.482 e. The van der Waals surface area contributed by atoms with E-state index in [1.54, 1.807) is 24.4 Å². The van der Waals surface area contributed by atoms with Gasteiger partial charge in [-0.1, -0.05) is 0 Å². The van der Waals surface area contributed by atoms with Gasteiger partial charge >= 0.3 is 5.97 Å². The molecular weight excluding hydrogens is 288 g/mol. The number of esters is 1. The minimum atomic E-state index is -0.636. The van der Waals surface area contributed by atoms with Crippen molar-refractivity contribution < 1.29 is 23.9 Å². The zero-order valence-electron chi connectivity index (χ0n) is 11.4. The molecule has 0 fully saturated rings. The first-order valence-electron chi connectivity index (χ1n) is 6.54. The molecule has 0 spiro atoms. The van der Waals surface area contributed by atoms with Crippen LogP contribution < -0.4 is 10.1 Å². The largest absolute Gasteiger partial charge is 0.482 e. The fourth-order valence-electron chi connectivity index (χ4n) is 2.00. The first kappa shape index (κ1) is 13.9. The van der Waals surface area contributed by atoms with Crippen LogP contribution in [-0.4, -0.2) is 35.9 Å². The second kappa shape index (κ2) is 5.72. The standard InChI is InChI=1S/C15H12N2O5/c18-12(10-2-1-5-16-10)7-22-15(20)9-3-4-11-13(6-9)21-8-14(19)17-11/h1-6,16H,7-8H2,(H,17,19). The lowest BCUT2D eigenvalue weighted by Crippen LogP contribution is -2.25. The third kappa shape index (κ3) is 2.83. The van der Waals surface area contributed by atoms with Gasteiger partial charge in [-0.25, -0.2) is 4.79 Å². The number of carbonyl (C=O) groups excluding carboxylic acids is 3. The molecule has 1 aromatic carbocycles. The molecule has 0 saturated carbocycles. The Bertz CT molecular complexity index is 736. The van der Waals surface area contributed by atoms with E-state index in [4.69, 9.17) is 9.47 Å². The maximum Gasteiger partial charge on any atom is 0.338 e. The van der Waals surface area contributed by atoms with Gasteiger partial charge in [-0.2, -0.15) is 0 Å². The van der Waals surface area contributed by atoms with Crippen LogP contribution in [0.3, 0.4) is 0 Å². The number of benzene rings is 1. The van der Waals surface area contributed by atoms with Crippen molar-refractivity contribution in [3.63, 3.8) is 0 Å². The number of hydrogen-bond donors (Lipinski definition) is 2. The summed E-state index contributed by atoms with van der Waals surface area (Å²) in [5.41, 5.74) is 1.12. The Labute approximate surface area is 125 Å². The molecule has 1 aliphatic heterocycles. The summed E-state index contributed by atoms with van der Waals surface area (Å²) in [7, 11) is 0. The van der Waals surface area contributed by atoms with Gasteiger partial charge in [0.05, 0.1) is 16.9 Å². The average molecular weight is 300 g/mol. The Kier molecular flexibility index (Phi) is 3.61. The molecule has 1 amide bonds. The highest BCUT2D eigenvalue weighted by molar-refractivity contribution is 5.99. The summed E-state index contributed by atoms with van der Waals surface area (Å²) < 4.78 is 10.2. The van der Waals surface area contributed by atoms with Crippen LogP contribution in [0.4, 0.5) is 5.69 Å². The number of H-pyrrole nitrogens is 1. The molecule has 1 aliphatic rings. The Morgan fingerprint density at radius 1 is 1.27 bits per heavy atom. The number of ether oxygens (including phenoxy) is 2. The van der Waals surface area contributed by atoms with Crippen molar-refractivity contribution >= 4 is 23.3 Å². The summed E-state index contributed by atoms with van der Waals surface area (Å²) in [5.74, 6) is -0.813. The van der Waals surface area contributed by atoms with Crippen LogP contribution in [0.25, 0.3) is 0 Å². The van der Waals surface area contributed by atoms with Crippen molar-refractivity contribution in [1.82, 2.24) is 4.98 Å². The van der Waals surface area contributed by atoms with Crippen molar-refractivity contribution in [3.8, 4) is 5.75 Å². The van der Waals surface area contributed by atoms with E-state index in [-0.39, 0.29) is 30.5 Å². The Balaban J connectivity index is 1.65. The second-order valence-corrected chi connectivity index (χ2v) is 4.63. The summed E-state index contributed by atoms with van der Waals surface area (Å²) >= 11 is 0. The number of ketones is 1. The van der Waals surface area contributed by atoms with E-state index in [1.165, 1.54) is 12.1 Å². The number of aromatic nitrogens is 1. The normalized spacial score (nSPS) is 12.8. The first-order valence-corrected chi connectivity index (χ1v) is 6.54. The minimum absolute atomic E-state index is 0.100. The van der Waals surface area contributed by atoms with Crippen LogP contribution in [0.1, 0.15) is 20.8 Å². The predicted molar refractivity (Wildman–Crippen MR) is 76.0 cm³/mol. The molecular formula is C15H12N2O5. The highest BCUT2D eigenvalue weighted by atomic mass is 16.5. The topological polar surface area (TPSA) is 97.5 Å². The smallest absolute Gasteiger partial charge is 0.338 e. The SMILES string of the molecule is O=C1COc2cc(C(=O)OCC(=O)c3ccc[nH]3)ccc2N1. The van der Waals surface area contributed by atoms with Gasteiger partial charge in [-0.05, 0) is 30.3 Å². The maximum absolute atomic E-state index is 11.9. The average Bonchev–Trinajstić information content (AvgIpc) is 3.06. The van der Waals surface area contributed by atoms with Gasteiger partial charge < -0.3 is 19.8 Å². The third-order valence-electron chi connectivity index (χ3n) is 3.08. The van der Waals surface area contributed by atoms with E-state index >= 15 is 0 Å². The number of hydrogen-bond acceptors (Lipinski definition) is 5. The lowest BCUT2D eigenvalue weighted by Gasteiger charge is -2.18. The summed E-state index contributed by atoms with van der Waals surface area (Å²) in [5, 5.41) is 2.62. The Hall–Kier alpha value is -3.09. The molecule has 0 aliphatic carbocycles. The first-order chi connectivity index (χ1) is 10.6. The van der Waals surface area contributed by atoms with Crippen molar-refractivity contribution in [1.29, 1.82) is 0 Å². The zero-order chi connectivity index (χ0) is 15.5. The molecule has 2 N–H and O–H groups in total. The van der Waals surface area contributed by atoms with Gasteiger partial charge in [0.15, 0.2) is 13.2 Å². The maximum atomic E-state index is 11.9. The van der Waals surface area contributed by atoms with Gasteiger partial charge in [-0.3, -0.25) is 9.59 Å². The Morgan fingerprint density at radius 3 is 2.91 bits per heavy atom. The molecule has 7 nitrogen and oxygen atoms in total. The number of rotatable bonds is 4. The van der Waals surface area contributed by atoms with E-state index < -0.39 is 5.97 Å². The molecule has 0 bridgehead atoms. The molecule has 0 unspecified atom stereocenters. The molecule has 1 aromatic heterocycles. The van der Waals surface area contributed by atoms with Crippen molar-refractivity contribution in [2.45, 2.75) is 0 Å². The molecule has 2 heterocycles. The lowest BCUT2D eigenvalue weighted by atomic mass is 10.1. The van der Waals surface area contributed by atoms with Crippen LogP contribution in [0.5, 0.6) is 5.75 Å². The molecule has 112 valence electrons. The summed E-state index contributed by atoms with van der Waals surface area (Å²) in [6.07, 6.45) is 1.62. The van der Waals surface area contributed by atoms with Gasteiger partial charge in [0.1, 0.15) is 5.75 Å². The molecule has 3 rings (SSSR count). The van der Waals surface area contributed by atoms with Gasteiger partial charge in [0.2, 0.25) is 5.78 Å². The lowest BCUT2D eigenvalue weighted by molar-refractivity contribution is -0.118. The number of Topliss-reactive ketones (excluding diaryl/α,β-unsaturated/α-hetero) is 1. The number of anilines is 1. The number of fused-ring (bicyclic) bond motifs is 1. The van der Waals surface area contributed by atoms with E-state index in [9.17, 15) is 14.4 Å². The molecule has 0 atom stereocenters. The quantitative estimate of drug-likeness (QED) is 0.657. The molecule has 7 heteroatoms. The highest BCUT2D eigenvalue weighted by Crippen LogP contribution is 2.28. The number of aromatic amines is 1. The summed E-state index contributed by atoms with van der Waals surface area (Å²) in [4.78, 5) is 37.6. The van der Waals surface area contributed by atoms with Crippen LogP contribution in [-0.2, 0) is 9.53 Å². The van der Waals surface area contributed by atoms with E-state index in [0.717, 1.165) is 0 Å². The number of carbonyl (C=O) groups is 3. The van der Waals surface area contributed by atoms with Crippen LogP contribution in [0, 0.1) is 0 Å². The van der Waals surface area contributed by atoms with Gasteiger partial charge in [0, 0.05) is 6.20 Å². The van der Waals surface area contributed by atoms with Crippen LogP contribution in [0.2, 0.25) is 0 Å². The van der Waals surface area contributed by atoms with Crippen molar-refractivity contribution in [2.24, 2.45) is 0 Å². The fraction of sp³-hybridized carbons (Fsp3) is 0.133. The summed E-state index contributed by atoms with van der Waals surface area (Å²) in [6, 6.07) is 7.80. The predicted octanol–water partition coefficient (Wildman–Crippen LogP) is 1.39. The van der Waals surface area contributed by atoms with Gasteiger partial charge in [-0.15, -0.1) is 0 Å². The zero-order valence-corrected chi connectivity index (χ0v) is 11.4. The van der Waals surface area contributed by atoms with Crippen molar-refractivity contribution in [2.75, 3.05) is 18.5 Å². The molecule has 0 radical (unpaired) electrons. The molecule has 0 saturated heterocycles.